The molecule has 27 heavy (non-hydrogen) atoms. The molecule has 1 aromatic carbocycles. The number of likely N-dealkylation sites (tertiary alicyclic amines) is 1. The zero-order valence-electron chi connectivity index (χ0n) is 16.8. The standard InChI is InChI=1S/C20H34N4O2.HI/c1-4-11-24-12-9-17(10-13-24)23-20(21-5-2)22-15-19(25)16-7-6-8-18(14-16)26-3;/h6-8,14,17,19,25H,4-5,9-13,15H2,1-3H3,(H2,21,22,23);1H. The molecule has 0 aliphatic carbocycles. The molecule has 1 fully saturated rings. The minimum atomic E-state index is -0.646. The van der Waals surface area contributed by atoms with Gasteiger partial charge < -0.3 is 25.4 Å². The average Bonchev–Trinajstić information content (AvgIpc) is 2.67. The van der Waals surface area contributed by atoms with Gasteiger partial charge in [0.1, 0.15) is 5.75 Å². The summed E-state index contributed by atoms with van der Waals surface area (Å²) in [4.78, 5) is 7.11. The molecule has 1 unspecified atom stereocenters. The molecule has 3 N–H and O–H groups in total. The molecular formula is C20H35IN4O2. The molecule has 0 radical (unpaired) electrons. The molecule has 1 saturated heterocycles. The lowest BCUT2D eigenvalue weighted by molar-refractivity contribution is 0.186. The minimum Gasteiger partial charge on any atom is -0.497 e. The van der Waals surface area contributed by atoms with Crippen LogP contribution in [0.5, 0.6) is 5.75 Å². The van der Waals surface area contributed by atoms with E-state index in [-0.39, 0.29) is 24.0 Å². The fraction of sp³-hybridized carbons (Fsp3) is 0.650. The van der Waals surface area contributed by atoms with E-state index in [2.05, 4.69) is 34.4 Å². The molecule has 1 heterocycles. The second-order valence-corrected chi connectivity index (χ2v) is 6.77. The van der Waals surface area contributed by atoms with Gasteiger partial charge in [-0.1, -0.05) is 19.1 Å². The van der Waals surface area contributed by atoms with Crippen LogP contribution in [0.2, 0.25) is 0 Å². The van der Waals surface area contributed by atoms with Gasteiger partial charge >= 0.3 is 0 Å². The molecular weight excluding hydrogens is 455 g/mol. The Kier molecular flexibility index (Phi) is 11.7. The molecule has 1 atom stereocenters. The molecule has 0 bridgehead atoms. The lowest BCUT2D eigenvalue weighted by atomic mass is 10.1. The molecule has 154 valence electrons. The Balaban J connectivity index is 0.00000364. The summed E-state index contributed by atoms with van der Waals surface area (Å²) in [5.74, 6) is 1.53. The van der Waals surface area contributed by atoms with Crippen molar-refractivity contribution < 1.29 is 9.84 Å². The summed E-state index contributed by atoms with van der Waals surface area (Å²) in [6.07, 6.45) is 2.82. The summed E-state index contributed by atoms with van der Waals surface area (Å²) >= 11 is 0. The van der Waals surface area contributed by atoms with E-state index in [1.807, 2.05) is 24.3 Å². The average molecular weight is 490 g/mol. The van der Waals surface area contributed by atoms with Crippen molar-refractivity contribution in [2.45, 2.75) is 45.3 Å². The monoisotopic (exact) mass is 490 g/mol. The molecule has 0 amide bonds. The van der Waals surface area contributed by atoms with Gasteiger partial charge in [-0.05, 0) is 50.4 Å². The molecule has 0 spiro atoms. The minimum absolute atomic E-state index is 0. The van der Waals surface area contributed by atoms with E-state index in [9.17, 15) is 5.11 Å². The number of methoxy groups -OCH3 is 1. The number of aliphatic hydroxyl groups is 1. The number of piperidine rings is 1. The first-order valence-electron chi connectivity index (χ1n) is 9.75. The quantitative estimate of drug-likeness (QED) is 0.297. The zero-order chi connectivity index (χ0) is 18.8. The Bertz CT molecular complexity index is 563. The smallest absolute Gasteiger partial charge is 0.191 e. The van der Waals surface area contributed by atoms with Crippen molar-refractivity contribution in [2.24, 2.45) is 4.99 Å². The Morgan fingerprint density at radius 3 is 2.70 bits per heavy atom. The lowest BCUT2D eigenvalue weighted by Gasteiger charge is -2.32. The van der Waals surface area contributed by atoms with Gasteiger partial charge in [0.15, 0.2) is 5.96 Å². The molecule has 0 saturated carbocycles. The number of hydrogen-bond donors (Lipinski definition) is 3. The Labute approximate surface area is 180 Å². The number of halogens is 1. The first kappa shape index (κ1) is 24.0. The van der Waals surface area contributed by atoms with Crippen LogP contribution >= 0.6 is 24.0 Å². The van der Waals surface area contributed by atoms with Crippen molar-refractivity contribution in [2.75, 3.05) is 39.8 Å². The zero-order valence-corrected chi connectivity index (χ0v) is 19.1. The molecule has 1 aliphatic rings. The number of hydrogen-bond acceptors (Lipinski definition) is 4. The maximum atomic E-state index is 10.4. The van der Waals surface area contributed by atoms with E-state index in [4.69, 9.17) is 4.74 Å². The molecule has 1 aromatic rings. The second kappa shape index (κ2) is 13.2. The highest BCUT2D eigenvalue weighted by atomic mass is 127. The highest BCUT2D eigenvalue weighted by molar-refractivity contribution is 14.0. The number of guanidine groups is 1. The van der Waals surface area contributed by atoms with Gasteiger partial charge in [0.05, 0.1) is 19.8 Å². The van der Waals surface area contributed by atoms with Crippen molar-refractivity contribution in [3.63, 3.8) is 0 Å². The van der Waals surface area contributed by atoms with Gasteiger partial charge in [-0.25, -0.2) is 0 Å². The number of rotatable bonds is 8. The van der Waals surface area contributed by atoms with Crippen LogP contribution in [0, 0.1) is 0 Å². The molecule has 1 aliphatic heterocycles. The van der Waals surface area contributed by atoms with E-state index in [1.54, 1.807) is 7.11 Å². The Morgan fingerprint density at radius 2 is 2.07 bits per heavy atom. The van der Waals surface area contributed by atoms with E-state index in [0.717, 1.165) is 49.7 Å². The van der Waals surface area contributed by atoms with Gasteiger partial charge in [-0.2, -0.15) is 0 Å². The highest BCUT2D eigenvalue weighted by Gasteiger charge is 2.19. The molecule has 2 rings (SSSR count). The van der Waals surface area contributed by atoms with Gasteiger partial charge in [-0.15, -0.1) is 24.0 Å². The van der Waals surface area contributed by atoms with Crippen LogP contribution in [0.15, 0.2) is 29.3 Å². The van der Waals surface area contributed by atoms with Crippen molar-refractivity contribution in [3.8, 4) is 5.75 Å². The fourth-order valence-electron chi connectivity index (χ4n) is 3.26. The van der Waals surface area contributed by atoms with Crippen LogP contribution in [0.25, 0.3) is 0 Å². The summed E-state index contributed by atoms with van der Waals surface area (Å²) in [7, 11) is 1.63. The van der Waals surface area contributed by atoms with Crippen LogP contribution < -0.4 is 15.4 Å². The summed E-state index contributed by atoms with van der Waals surface area (Å²) in [6, 6.07) is 7.94. The van der Waals surface area contributed by atoms with Gasteiger partial charge in [0.25, 0.3) is 0 Å². The first-order chi connectivity index (χ1) is 12.7. The maximum absolute atomic E-state index is 10.4. The van der Waals surface area contributed by atoms with Crippen LogP contribution in [0.4, 0.5) is 0 Å². The van der Waals surface area contributed by atoms with Crippen molar-refractivity contribution in [3.05, 3.63) is 29.8 Å². The molecule has 6 nitrogen and oxygen atoms in total. The van der Waals surface area contributed by atoms with Crippen LogP contribution in [0.1, 0.15) is 44.8 Å². The SMILES string of the molecule is CCCN1CCC(NC(=NCC(O)c2cccc(OC)c2)NCC)CC1.I. The van der Waals surface area contributed by atoms with Gasteiger partial charge in [0, 0.05) is 25.7 Å². The van der Waals surface area contributed by atoms with Crippen LogP contribution in [0.3, 0.4) is 0 Å². The van der Waals surface area contributed by atoms with Crippen molar-refractivity contribution in [1.82, 2.24) is 15.5 Å². The summed E-state index contributed by atoms with van der Waals surface area (Å²) in [5.41, 5.74) is 0.817. The number of aliphatic hydroxyl groups excluding tert-OH is 1. The van der Waals surface area contributed by atoms with Crippen LogP contribution in [-0.4, -0.2) is 61.8 Å². The van der Waals surface area contributed by atoms with Gasteiger partial charge in [-0.3, -0.25) is 4.99 Å². The third-order valence-corrected chi connectivity index (χ3v) is 4.71. The summed E-state index contributed by atoms with van der Waals surface area (Å²) in [5, 5.41) is 17.2. The largest absolute Gasteiger partial charge is 0.497 e. The number of ether oxygens (including phenoxy) is 1. The number of benzene rings is 1. The summed E-state index contributed by atoms with van der Waals surface area (Å²) < 4.78 is 5.22. The number of nitrogens with one attached hydrogen (secondary N) is 2. The predicted molar refractivity (Wildman–Crippen MR) is 122 cm³/mol. The second-order valence-electron chi connectivity index (χ2n) is 6.77. The lowest BCUT2D eigenvalue weighted by Crippen LogP contribution is -2.48. The van der Waals surface area contributed by atoms with Gasteiger partial charge in [0.2, 0.25) is 0 Å². The normalized spacial score (nSPS) is 17.1. The third-order valence-electron chi connectivity index (χ3n) is 4.71. The fourth-order valence-corrected chi connectivity index (χ4v) is 3.26. The van der Waals surface area contributed by atoms with Crippen LogP contribution in [-0.2, 0) is 0 Å². The number of nitrogens with zero attached hydrogens (tertiary/aromatic N) is 2. The number of aliphatic imine (C=N–C) groups is 1. The Morgan fingerprint density at radius 1 is 1.33 bits per heavy atom. The van der Waals surface area contributed by atoms with E-state index in [0.29, 0.717) is 12.6 Å². The van der Waals surface area contributed by atoms with E-state index < -0.39 is 6.10 Å². The first-order valence-corrected chi connectivity index (χ1v) is 9.75. The maximum Gasteiger partial charge on any atom is 0.191 e. The molecule has 7 heteroatoms. The van der Waals surface area contributed by atoms with Crippen molar-refractivity contribution >= 4 is 29.9 Å². The summed E-state index contributed by atoms with van der Waals surface area (Å²) in [6.45, 7) is 8.86. The predicted octanol–water partition coefficient (Wildman–Crippen LogP) is 2.78. The topological polar surface area (TPSA) is 69.1 Å². The molecule has 0 aromatic heterocycles. The van der Waals surface area contributed by atoms with E-state index >= 15 is 0 Å². The Hall–Kier alpha value is -1.06. The third kappa shape index (κ3) is 8.23. The van der Waals surface area contributed by atoms with E-state index in [1.165, 1.54) is 13.0 Å². The highest BCUT2D eigenvalue weighted by Crippen LogP contribution is 2.19. The van der Waals surface area contributed by atoms with Crippen molar-refractivity contribution in [1.29, 1.82) is 0 Å².